The van der Waals surface area contributed by atoms with Gasteiger partial charge in [-0.1, -0.05) is 11.3 Å². The minimum Gasteiger partial charge on any atom is -0.302 e. The van der Waals surface area contributed by atoms with Gasteiger partial charge in [-0.3, -0.25) is 9.69 Å². The number of nitrogens with zero attached hydrogens (tertiary/aromatic N) is 4. The number of hydrogen-bond acceptors (Lipinski definition) is 6. The molecule has 0 aliphatic carbocycles. The number of likely N-dealkylation sites (tertiary alicyclic amines) is 1. The minimum atomic E-state index is -0.536. The van der Waals surface area contributed by atoms with Crippen LogP contribution in [0, 0.1) is 17.7 Å². The Kier molecular flexibility index (Phi) is 5.33. The van der Waals surface area contributed by atoms with Crippen molar-refractivity contribution in [1.82, 2.24) is 19.9 Å². The predicted octanol–water partition coefficient (Wildman–Crippen LogP) is 2.62. The molecule has 1 amide bonds. The smallest absolute Gasteiger partial charge is 0.230 e. The van der Waals surface area contributed by atoms with Gasteiger partial charge < -0.3 is 5.32 Å². The van der Waals surface area contributed by atoms with Crippen LogP contribution in [0.15, 0.2) is 12.4 Å². The van der Waals surface area contributed by atoms with Gasteiger partial charge in [-0.2, -0.15) is 9.37 Å². The molecule has 0 spiro atoms. The molecular weight excluding hydrogens is 348 g/mol. The van der Waals surface area contributed by atoms with Gasteiger partial charge in [-0.05, 0) is 19.3 Å². The lowest BCUT2D eigenvalue weighted by molar-refractivity contribution is -0.114. The quantitative estimate of drug-likeness (QED) is 0.880. The molecule has 9 heteroatoms. The molecule has 1 fully saturated rings. The number of carbonyl (C=O) groups excluding carboxylic acids is 1. The Hall–Kier alpha value is -2.00. The van der Waals surface area contributed by atoms with Crippen LogP contribution in [0.1, 0.15) is 31.0 Å². The number of carbonyl (C=O) groups is 1. The minimum absolute atomic E-state index is 0.269. The zero-order valence-electron chi connectivity index (χ0n) is 14.0. The molecule has 2 aromatic heterocycles. The Morgan fingerprint density at radius 3 is 2.80 bits per heavy atom. The van der Waals surface area contributed by atoms with Crippen LogP contribution < -0.4 is 5.32 Å². The Bertz CT molecular complexity index is 751. The summed E-state index contributed by atoms with van der Waals surface area (Å²) in [6, 6.07) is 0.288. The first-order valence-corrected chi connectivity index (χ1v) is 8.85. The summed E-state index contributed by atoms with van der Waals surface area (Å²) in [5, 5.41) is 2.79. The first kappa shape index (κ1) is 17.8. The monoisotopic (exact) mass is 367 g/mol. The van der Waals surface area contributed by atoms with E-state index in [4.69, 9.17) is 0 Å². The van der Waals surface area contributed by atoms with Crippen molar-refractivity contribution in [2.75, 3.05) is 11.9 Å². The van der Waals surface area contributed by atoms with Gasteiger partial charge in [0.05, 0.1) is 17.3 Å². The van der Waals surface area contributed by atoms with Gasteiger partial charge in [-0.25, -0.2) is 14.4 Å². The molecule has 25 heavy (non-hydrogen) atoms. The van der Waals surface area contributed by atoms with E-state index in [2.05, 4.69) is 32.1 Å². The van der Waals surface area contributed by atoms with E-state index < -0.39 is 11.8 Å². The fourth-order valence-electron chi connectivity index (χ4n) is 3.11. The second kappa shape index (κ2) is 7.49. The average Bonchev–Trinajstić information content (AvgIpc) is 3.04. The fraction of sp³-hybridized carbons (Fsp3) is 0.500. The molecule has 1 N–H and O–H groups in total. The van der Waals surface area contributed by atoms with Gasteiger partial charge in [0.1, 0.15) is 5.82 Å². The topological polar surface area (TPSA) is 71.0 Å². The second-order valence-electron chi connectivity index (χ2n) is 6.32. The maximum atomic E-state index is 14.0. The van der Waals surface area contributed by atoms with E-state index in [1.54, 1.807) is 0 Å². The number of amides is 1. The van der Waals surface area contributed by atoms with Crippen LogP contribution in [0.5, 0.6) is 0 Å². The van der Waals surface area contributed by atoms with Crippen molar-refractivity contribution in [3.63, 3.8) is 0 Å². The van der Waals surface area contributed by atoms with E-state index in [0.717, 1.165) is 24.3 Å². The molecule has 0 unspecified atom stereocenters. The summed E-state index contributed by atoms with van der Waals surface area (Å²) in [5.74, 6) is -0.287. The summed E-state index contributed by atoms with van der Waals surface area (Å²) in [6.45, 7) is 4.70. The van der Waals surface area contributed by atoms with Gasteiger partial charge in [-0.15, -0.1) is 0 Å². The second-order valence-corrected chi connectivity index (χ2v) is 7.40. The molecule has 134 valence electrons. The van der Waals surface area contributed by atoms with Gasteiger partial charge in [0.15, 0.2) is 10.9 Å². The molecule has 2 aromatic rings. The number of halogens is 2. The highest BCUT2D eigenvalue weighted by molar-refractivity contribution is 7.15. The molecule has 3 heterocycles. The highest BCUT2D eigenvalue weighted by Gasteiger charge is 2.31. The SMILES string of the molecule is CC(=O)Nc1nc(F)c(CN2C[C@@H](Cc3ncc(F)cn3)C[C@@H]2C)s1. The lowest BCUT2D eigenvalue weighted by Crippen LogP contribution is -2.26. The van der Waals surface area contributed by atoms with Crippen molar-refractivity contribution in [3.8, 4) is 0 Å². The Labute approximate surface area is 148 Å². The Morgan fingerprint density at radius 1 is 1.40 bits per heavy atom. The number of nitrogens with one attached hydrogen (secondary N) is 1. The number of thiazole rings is 1. The number of rotatable bonds is 5. The molecule has 0 bridgehead atoms. The van der Waals surface area contributed by atoms with E-state index in [-0.39, 0.29) is 17.1 Å². The van der Waals surface area contributed by atoms with Gasteiger partial charge in [0, 0.05) is 32.5 Å². The molecule has 1 aliphatic rings. The first-order valence-electron chi connectivity index (χ1n) is 8.04. The highest BCUT2D eigenvalue weighted by atomic mass is 32.1. The third-order valence-corrected chi connectivity index (χ3v) is 5.15. The van der Waals surface area contributed by atoms with Crippen LogP contribution in [0.3, 0.4) is 0 Å². The van der Waals surface area contributed by atoms with E-state index in [0.29, 0.717) is 29.6 Å². The normalized spacial score (nSPS) is 20.8. The summed E-state index contributed by atoms with van der Waals surface area (Å²) in [7, 11) is 0. The van der Waals surface area contributed by atoms with Crippen LogP contribution in [-0.2, 0) is 17.8 Å². The van der Waals surface area contributed by atoms with Crippen molar-refractivity contribution >= 4 is 22.4 Å². The molecule has 0 radical (unpaired) electrons. The number of aromatic nitrogens is 3. The summed E-state index contributed by atoms with van der Waals surface area (Å²) < 4.78 is 26.9. The van der Waals surface area contributed by atoms with Gasteiger partial charge >= 0.3 is 0 Å². The zero-order valence-corrected chi connectivity index (χ0v) is 14.8. The van der Waals surface area contributed by atoms with Crippen molar-refractivity contribution in [2.45, 2.75) is 39.3 Å². The lowest BCUT2D eigenvalue weighted by Gasteiger charge is -2.19. The zero-order chi connectivity index (χ0) is 18.0. The molecule has 1 saturated heterocycles. The van der Waals surface area contributed by atoms with Crippen LogP contribution in [0.25, 0.3) is 0 Å². The third-order valence-electron chi connectivity index (χ3n) is 4.21. The average molecular weight is 367 g/mol. The van der Waals surface area contributed by atoms with Crippen LogP contribution in [-0.4, -0.2) is 38.3 Å². The van der Waals surface area contributed by atoms with Crippen LogP contribution >= 0.6 is 11.3 Å². The standard InChI is InChI=1S/C16H19F2N5OS/c1-9-3-11(4-14-19-5-12(17)6-20-14)7-23(9)8-13-15(18)22-16(25-13)21-10(2)24/h5-6,9,11H,3-4,7-8H2,1-2H3,(H,21,22,24)/t9-,11+/m0/s1. The van der Waals surface area contributed by atoms with E-state index in [9.17, 15) is 13.6 Å². The molecule has 3 rings (SSSR count). The largest absolute Gasteiger partial charge is 0.302 e. The van der Waals surface area contributed by atoms with Gasteiger partial charge in [0.25, 0.3) is 0 Å². The molecule has 0 saturated carbocycles. The lowest BCUT2D eigenvalue weighted by atomic mass is 10.0. The Balaban J connectivity index is 1.61. The summed E-state index contributed by atoms with van der Waals surface area (Å²) in [5.41, 5.74) is 0. The van der Waals surface area contributed by atoms with Crippen molar-refractivity contribution in [1.29, 1.82) is 0 Å². The van der Waals surface area contributed by atoms with Crippen molar-refractivity contribution in [3.05, 3.63) is 34.9 Å². The number of anilines is 1. The van der Waals surface area contributed by atoms with Crippen LogP contribution in [0.4, 0.5) is 13.9 Å². The Morgan fingerprint density at radius 2 is 2.12 bits per heavy atom. The van der Waals surface area contributed by atoms with E-state index in [1.165, 1.54) is 19.3 Å². The van der Waals surface area contributed by atoms with Crippen molar-refractivity contribution in [2.24, 2.45) is 5.92 Å². The summed E-state index contributed by atoms with van der Waals surface area (Å²) in [4.78, 5) is 25.5. The highest BCUT2D eigenvalue weighted by Crippen LogP contribution is 2.30. The van der Waals surface area contributed by atoms with E-state index >= 15 is 0 Å². The molecule has 2 atom stereocenters. The molecule has 1 aliphatic heterocycles. The van der Waals surface area contributed by atoms with Gasteiger partial charge in [0.2, 0.25) is 11.9 Å². The molecular formula is C16H19F2N5OS. The first-order chi connectivity index (χ1) is 11.9. The number of hydrogen-bond donors (Lipinski definition) is 1. The summed E-state index contributed by atoms with van der Waals surface area (Å²) in [6.07, 6.45) is 3.96. The van der Waals surface area contributed by atoms with E-state index in [1.807, 2.05) is 0 Å². The van der Waals surface area contributed by atoms with Crippen LogP contribution in [0.2, 0.25) is 0 Å². The molecule has 6 nitrogen and oxygen atoms in total. The maximum absolute atomic E-state index is 14.0. The van der Waals surface area contributed by atoms with Crippen molar-refractivity contribution < 1.29 is 13.6 Å². The maximum Gasteiger partial charge on any atom is 0.230 e. The molecule has 0 aromatic carbocycles. The fourth-order valence-corrected chi connectivity index (χ4v) is 4.02. The summed E-state index contributed by atoms with van der Waals surface area (Å²) >= 11 is 1.16. The third kappa shape index (κ3) is 4.55. The predicted molar refractivity (Wildman–Crippen MR) is 90.0 cm³/mol.